The molecule has 2 heteroatoms. The van der Waals surface area contributed by atoms with E-state index in [1.807, 2.05) is 0 Å². The molecule has 1 nitrogen and oxygen atoms in total. The van der Waals surface area contributed by atoms with E-state index in [-0.39, 0.29) is 0 Å². The van der Waals surface area contributed by atoms with Gasteiger partial charge in [0.2, 0.25) is 0 Å². The molecule has 62 valence electrons. The van der Waals surface area contributed by atoms with Gasteiger partial charge in [-0.1, -0.05) is 22.0 Å². The second-order valence-corrected chi connectivity index (χ2v) is 4.54. The Hall–Kier alpha value is -0.500. The first kappa shape index (κ1) is 6.96. The molecule has 0 saturated heterocycles. The lowest BCUT2D eigenvalue weighted by Gasteiger charge is -2.18. The fraction of sp³-hybridized carbons (Fsp3) is 0.400. The van der Waals surface area contributed by atoms with Crippen LogP contribution in [0.4, 0.5) is 5.69 Å². The van der Waals surface area contributed by atoms with Gasteiger partial charge >= 0.3 is 0 Å². The summed E-state index contributed by atoms with van der Waals surface area (Å²) in [4.78, 5) is 0. The third kappa shape index (κ3) is 0.845. The maximum Gasteiger partial charge on any atom is 0.0387 e. The van der Waals surface area contributed by atoms with E-state index in [0.717, 1.165) is 11.8 Å². The Bertz CT molecular complexity index is 335. The Morgan fingerprint density at radius 2 is 2.33 bits per heavy atom. The normalized spacial score (nSPS) is 30.1. The molecule has 0 amide bonds. The molecule has 1 N–H and O–H groups in total. The minimum atomic E-state index is 0.844. The van der Waals surface area contributed by atoms with Crippen LogP contribution in [0.5, 0.6) is 0 Å². The highest BCUT2D eigenvalue weighted by molar-refractivity contribution is 9.10. The maximum absolute atomic E-state index is 3.61. The van der Waals surface area contributed by atoms with Gasteiger partial charge in [-0.05, 0) is 36.0 Å². The predicted octanol–water partition coefficient (Wildman–Crippen LogP) is 2.98. The van der Waals surface area contributed by atoms with Crippen LogP contribution in [0, 0.1) is 5.92 Å². The Morgan fingerprint density at radius 1 is 1.42 bits per heavy atom. The molecule has 2 aliphatic rings. The third-order valence-corrected chi connectivity index (χ3v) is 3.59. The lowest BCUT2D eigenvalue weighted by Crippen LogP contribution is -2.11. The summed E-state index contributed by atoms with van der Waals surface area (Å²) in [6, 6.07) is 6.41. The Balaban J connectivity index is 2.19. The number of halogens is 1. The molecule has 1 aliphatic carbocycles. The number of anilines is 1. The highest BCUT2D eigenvalue weighted by atomic mass is 79.9. The summed E-state index contributed by atoms with van der Waals surface area (Å²) in [6.07, 6.45) is 1.38. The number of benzene rings is 1. The summed E-state index contributed by atoms with van der Waals surface area (Å²) in [6.45, 7) is 1.17. The van der Waals surface area contributed by atoms with Crippen LogP contribution in [0.25, 0.3) is 0 Å². The molecule has 1 saturated carbocycles. The van der Waals surface area contributed by atoms with Crippen molar-refractivity contribution in [3.8, 4) is 0 Å². The van der Waals surface area contributed by atoms with Crippen molar-refractivity contribution in [2.45, 2.75) is 12.3 Å². The minimum Gasteiger partial charge on any atom is -0.384 e. The average Bonchev–Trinajstić information content (AvgIpc) is 2.82. The standard InChI is InChI=1S/C10H10BrN/c11-8-2-1-3-9-10(8)7-4-6(7)5-12-9/h1-3,6-7,12H,4-5H2/t6-,7-/m1/s1. The van der Waals surface area contributed by atoms with Gasteiger partial charge in [0.1, 0.15) is 0 Å². The molecular formula is C10H10BrN. The van der Waals surface area contributed by atoms with E-state index < -0.39 is 0 Å². The zero-order valence-electron chi connectivity index (χ0n) is 6.68. The van der Waals surface area contributed by atoms with Crippen LogP contribution in [0.15, 0.2) is 22.7 Å². The number of fused-ring (bicyclic) bond motifs is 3. The van der Waals surface area contributed by atoms with Crippen molar-refractivity contribution < 1.29 is 0 Å². The minimum absolute atomic E-state index is 0.844. The van der Waals surface area contributed by atoms with Gasteiger partial charge in [0, 0.05) is 16.7 Å². The highest BCUT2D eigenvalue weighted by Gasteiger charge is 2.43. The summed E-state index contributed by atoms with van der Waals surface area (Å²) in [5.74, 6) is 1.76. The molecule has 1 aromatic carbocycles. The lowest BCUT2D eigenvalue weighted by molar-refractivity contribution is 0.814. The SMILES string of the molecule is Brc1cccc2c1[C@@H]1C[C@@H]1CN2. The van der Waals surface area contributed by atoms with Crippen molar-refractivity contribution in [3.05, 3.63) is 28.2 Å². The molecule has 0 spiro atoms. The summed E-state index contributed by atoms with van der Waals surface area (Å²) >= 11 is 3.61. The van der Waals surface area contributed by atoms with Crippen LogP contribution in [0.3, 0.4) is 0 Å². The topological polar surface area (TPSA) is 12.0 Å². The molecule has 1 heterocycles. The summed E-state index contributed by atoms with van der Waals surface area (Å²) in [5.41, 5.74) is 2.84. The van der Waals surface area contributed by atoms with Crippen molar-refractivity contribution in [1.29, 1.82) is 0 Å². The smallest absolute Gasteiger partial charge is 0.0387 e. The fourth-order valence-corrected chi connectivity index (χ4v) is 2.80. The third-order valence-electron chi connectivity index (χ3n) is 2.90. The monoisotopic (exact) mass is 223 g/mol. The van der Waals surface area contributed by atoms with Gasteiger partial charge in [0.25, 0.3) is 0 Å². The van der Waals surface area contributed by atoms with E-state index in [4.69, 9.17) is 0 Å². The molecule has 3 rings (SSSR count). The van der Waals surface area contributed by atoms with Crippen LogP contribution in [-0.2, 0) is 0 Å². The predicted molar refractivity (Wildman–Crippen MR) is 53.5 cm³/mol. The first-order valence-electron chi connectivity index (χ1n) is 4.38. The number of hydrogen-bond donors (Lipinski definition) is 1. The van der Waals surface area contributed by atoms with E-state index in [0.29, 0.717) is 0 Å². The van der Waals surface area contributed by atoms with E-state index in [1.54, 1.807) is 0 Å². The average molecular weight is 224 g/mol. The molecule has 0 radical (unpaired) electrons. The molecule has 12 heavy (non-hydrogen) atoms. The second kappa shape index (κ2) is 2.25. The van der Waals surface area contributed by atoms with Crippen molar-refractivity contribution >= 4 is 21.6 Å². The van der Waals surface area contributed by atoms with Crippen LogP contribution in [0.1, 0.15) is 17.9 Å². The van der Waals surface area contributed by atoms with Gasteiger partial charge in [-0.2, -0.15) is 0 Å². The zero-order chi connectivity index (χ0) is 8.13. The first-order valence-corrected chi connectivity index (χ1v) is 5.18. The number of hydrogen-bond acceptors (Lipinski definition) is 1. The summed E-state index contributed by atoms with van der Waals surface area (Å²) in [7, 11) is 0. The van der Waals surface area contributed by atoms with E-state index >= 15 is 0 Å². The number of nitrogens with one attached hydrogen (secondary N) is 1. The van der Waals surface area contributed by atoms with Crippen molar-refractivity contribution in [2.75, 3.05) is 11.9 Å². The second-order valence-electron chi connectivity index (χ2n) is 3.68. The van der Waals surface area contributed by atoms with Crippen LogP contribution in [0.2, 0.25) is 0 Å². The van der Waals surface area contributed by atoms with Gasteiger partial charge in [-0.25, -0.2) is 0 Å². The molecular weight excluding hydrogens is 214 g/mol. The Morgan fingerprint density at radius 3 is 3.25 bits per heavy atom. The van der Waals surface area contributed by atoms with Gasteiger partial charge in [-0.3, -0.25) is 0 Å². The van der Waals surface area contributed by atoms with Crippen LogP contribution < -0.4 is 5.32 Å². The molecule has 0 unspecified atom stereocenters. The van der Waals surface area contributed by atoms with Crippen LogP contribution in [-0.4, -0.2) is 6.54 Å². The van der Waals surface area contributed by atoms with Crippen LogP contribution >= 0.6 is 15.9 Å². The Kier molecular flexibility index (Phi) is 1.31. The quantitative estimate of drug-likeness (QED) is 0.714. The van der Waals surface area contributed by atoms with Gasteiger partial charge < -0.3 is 5.32 Å². The Labute approximate surface area is 80.3 Å². The molecule has 1 aliphatic heterocycles. The summed E-state index contributed by atoms with van der Waals surface area (Å²) < 4.78 is 1.28. The molecule has 0 bridgehead atoms. The van der Waals surface area contributed by atoms with Gasteiger partial charge in [0.05, 0.1) is 0 Å². The van der Waals surface area contributed by atoms with E-state index in [2.05, 4.69) is 39.4 Å². The lowest BCUT2D eigenvalue weighted by atomic mass is 10.0. The first-order chi connectivity index (χ1) is 5.86. The molecule has 1 fully saturated rings. The molecule has 1 aromatic rings. The van der Waals surface area contributed by atoms with Crippen molar-refractivity contribution in [2.24, 2.45) is 5.92 Å². The van der Waals surface area contributed by atoms with Crippen molar-refractivity contribution in [3.63, 3.8) is 0 Å². The highest BCUT2D eigenvalue weighted by Crippen LogP contribution is 2.54. The zero-order valence-corrected chi connectivity index (χ0v) is 8.26. The van der Waals surface area contributed by atoms with Gasteiger partial charge in [-0.15, -0.1) is 0 Å². The van der Waals surface area contributed by atoms with E-state index in [9.17, 15) is 0 Å². The fourth-order valence-electron chi connectivity index (χ4n) is 2.14. The summed E-state index contributed by atoms with van der Waals surface area (Å²) in [5, 5.41) is 3.46. The maximum atomic E-state index is 3.61. The molecule has 2 atom stereocenters. The largest absolute Gasteiger partial charge is 0.384 e. The van der Waals surface area contributed by atoms with Gasteiger partial charge in [0.15, 0.2) is 0 Å². The molecule has 0 aromatic heterocycles. The number of rotatable bonds is 0. The van der Waals surface area contributed by atoms with Crippen molar-refractivity contribution in [1.82, 2.24) is 0 Å². The van der Waals surface area contributed by atoms with E-state index in [1.165, 1.54) is 28.7 Å².